The molecule has 0 aliphatic rings. The van der Waals surface area contributed by atoms with Crippen molar-refractivity contribution in [2.45, 2.75) is 0 Å². The molecule has 0 bridgehead atoms. The van der Waals surface area contributed by atoms with Gasteiger partial charge in [-0.3, -0.25) is 0 Å². The molecule has 0 atom stereocenters. The van der Waals surface area contributed by atoms with Crippen LogP contribution in [0.1, 0.15) is 0 Å². The molecule has 0 aromatic carbocycles. The van der Waals surface area contributed by atoms with Crippen LogP contribution in [0.15, 0.2) is 0 Å². The summed E-state index contributed by atoms with van der Waals surface area (Å²) in [7, 11) is 9.75. The third-order valence-corrected chi connectivity index (χ3v) is 0. The van der Waals surface area contributed by atoms with Gasteiger partial charge in [-0.2, -0.15) is 0 Å². The summed E-state index contributed by atoms with van der Waals surface area (Å²) in [6.45, 7) is 0. The van der Waals surface area contributed by atoms with Crippen LogP contribution >= 0.6 is 36.8 Å². The van der Waals surface area contributed by atoms with Gasteiger partial charge in [0.05, 0.1) is 18.9 Å². The first-order valence-electron chi connectivity index (χ1n) is 0.286. The van der Waals surface area contributed by atoms with E-state index in [2.05, 4.69) is 0 Å². The van der Waals surface area contributed by atoms with Crippen molar-refractivity contribution >= 4 is 66.3 Å². The summed E-state index contributed by atoms with van der Waals surface area (Å²) in [5.41, 5.74) is 0. The monoisotopic (exact) mass is 220 g/mol. The average molecular weight is 221 g/mol. The molecule has 0 fully saturated rings. The summed E-state index contributed by atoms with van der Waals surface area (Å²) in [6, 6.07) is 0. The SMILES string of the molecule is Cl[I]Cl.[Na]. The van der Waals surface area contributed by atoms with Crippen molar-refractivity contribution in [3.63, 3.8) is 0 Å². The van der Waals surface area contributed by atoms with Crippen molar-refractivity contribution in [3.8, 4) is 0 Å². The van der Waals surface area contributed by atoms with E-state index < -0.39 is 18.9 Å². The molecule has 0 N–H and O–H groups in total. The summed E-state index contributed by atoms with van der Waals surface area (Å²) < 4.78 is 0. The maximum absolute atomic E-state index is 4.87. The van der Waals surface area contributed by atoms with Gasteiger partial charge in [0.1, 0.15) is 0 Å². The predicted octanol–water partition coefficient (Wildman–Crippen LogP) is 1.88. The normalized spacial score (nSPS) is 4.50. The summed E-state index contributed by atoms with van der Waals surface area (Å²) >= 11 is -0.466. The summed E-state index contributed by atoms with van der Waals surface area (Å²) in [6.07, 6.45) is 0. The van der Waals surface area contributed by atoms with Crippen LogP contribution in [0.3, 0.4) is 0 Å². The van der Waals surface area contributed by atoms with Crippen molar-refractivity contribution in [2.75, 3.05) is 0 Å². The molecular weight excluding hydrogens is 221 g/mol. The molecule has 4 heavy (non-hydrogen) atoms. The Morgan fingerprint density at radius 3 is 1.25 bits per heavy atom. The third kappa shape index (κ3) is 8.85. The van der Waals surface area contributed by atoms with Crippen LogP contribution in [0.25, 0.3) is 0 Å². The van der Waals surface area contributed by atoms with E-state index in [4.69, 9.17) is 17.8 Å². The molecule has 0 unspecified atom stereocenters. The Morgan fingerprint density at radius 2 is 1.25 bits per heavy atom. The molecule has 2 radical (unpaired) electrons. The topological polar surface area (TPSA) is 0 Å². The molecule has 0 heterocycles. The molecule has 0 nitrogen and oxygen atoms in total. The molecule has 4 heteroatoms. The minimum atomic E-state index is -0.466. The first-order chi connectivity index (χ1) is 1.41. The van der Waals surface area contributed by atoms with Gasteiger partial charge in [0.15, 0.2) is 0 Å². The fourth-order valence-electron chi connectivity index (χ4n) is 0. The molecule has 22 valence electrons. The van der Waals surface area contributed by atoms with Gasteiger partial charge in [0.25, 0.3) is 0 Å². The minimum absolute atomic E-state index is 0. The Hall–Kier alpha value is 2.31. The van der Waals surface area contributed by atoms with Crippen LogP contribution in [0.2, 0.25) is 0 Å². The van der Waals surface area contributed by atoms with Gasteiger partial charge in [-0.1, -0.05) is 0 Å². The van der Waals surface area contributed by atoms with E-state index in [1.54, 1.807) is 0 Å². The van der Waals surface area contributed by atoms with E-state index in [9.17, 15) is 0 Å². The molecule has 0 aliphatic carbocycles. The van der Waals surface area contributed by atoms with Crippen molar-refractivity contribution in [3.05, 3.63) is 0 Å². The number of rotatable bonds is 0. The fraction of sp³-hybridized carbons (Fsp3) is 0. The first-order valence-corrected chi connectivity index (χ1v) is 5.75. The molecule has 0 aromatic heterocycles. The zero-order valence-electron chi connectivity index (χ0n) is 2.13. The van der Waals surface area contributed by atoms with Gasteiger partial charge in [-0.25, -0.2) is 0 Å². The molecule has 0 amide bonds. The third-order valence-electron chi connectivity index (χ3n) is 0. The minimum Gasteiger partial charge on any atom is -0.0366 e. The molecular formula is Cl2INa. The predicted molar refractivity (Wildman–Crippen MR) is 31.5 cm³/mol. The molecule has 0 aromatic rings. The Labute approximate surface area is 65.2 Å². The van der Waals surface area contributed by atoms with E-state index in [-0.39, 0.29) is 29.6 Å². The number of halogens is 3. The van der Waals surface area contributed by atoms with Crippen molar-refractivity contribution in [1.29, 1.82) is 0 Å². The quantitative estimate of drug-likeness (QED) is 0.432. The van der Waals surface area contributed by atoms with Crippen molar-refractivity contribution < 1.29 is 0 Å². The maximum atomic E-state index is 4.87. The van der Waals surface area contributed by atoms with Gasteiger partial charge in [0.2, 0.25) is 0 Å². The number of hydrogen-bond donors (Lipinski definition) is 0. The van der Waals surface area contributed by atoms with Crippen LogP contribution in [0.5, 0.6) is 0 Å². The van der Waals surface area contributed by atoms with Crippen LogP contribution in [-0.4, -0.2) is 29.6 Å². The van der Waals surface area contributed by atoms with E-state index in [1.807, 2.05) is 0 Å². The molecule has 0 aliphatic heterocycles. The van der Waals surface area contributed by atoms with E-state index in [0.717, 1.165) is 0 Å². The van der Waals surface area contributed by atoms with E-state index in [0.29, 0.717) is 0 Å². The molecule has 0 saturated heterocycles. The van der Waals surface area contributed by atoms with Crippen LogP contribution in [0, 0.1) is 0 Å². The second-order valence-electron chi connectivity index (χ2n) is 0.0540. The van der Waals surface area contributed by atoms with Crippen LogP contribution in [0.4, 0.5) is 0 Å². The van der Waals surface area contributed by atoms with Gasteiger partial charge < -0.3 is 0 Å². The number of hydrogen-bond acceptors (Lipinski definition) is 0. The average Bonchev–Trinajstić information content (AvgIpc) is 0.918. The Morgan fingerprint density at radius 1 is 1.25 bits per heavy atom. The van der Waals surface area contributed by atoms with Crippen LogP contribution < -0.4 is 0 Å². The Bertz CT molecular complexity index is 6.00. The molecule has 0 saturated carbocycles. The van der Waals surface area contributed by atoms with Gasteiger partial charge in [-0.05, 0) is 17.8 Å². The van der Waals surface area contributed by atoms with Gasteiger partial charge >= 0.3 is 0 Å². The standard InChI is InChI=1S/Cl2I.Na/c1-3-2;. The Kier molecular flexibility index (Phi) is 21.6. The summed E-state index contributed by atoms with van der Waals surface area (Å²) in [5.74, 6) is 0. The maximum Gasteiger partial charge on any atom is 0.0732 e. The smallest absolute Gasteiger partial charge is 0.0366 e. The fourth-order valence-corrected chi connectivity index (χ4v) is 0. The Balaban J connectivity index is 0. The van der Waals surface area contributed by atoms with Crippen molar-refractivity contribution in [2.24, 2.45) is 0 Å². The second-order valence-corrected chi connectivity index (χ2v) is 3.26. The summed E-state index contributed by atoms with van der Waals surface area (Å²) in [4.78, 5) is 0. The van der Waals surface area contributed by atoms with Gasteiger partial charge in [-0.15, -0.1) is 0 Å². The van der Waals surface area contributed by atoms with Gasteiger partial charge in [0, 0.05) is 29.6 Å². The van der Waals surface area contributed by atoms with E-state index in [1.165, 1.54) is 0 Å². The van der Waals surface area contributed by atoms with Crippen LogP contribution in [-0.2, 0) is 0 Å². The largest absolute Gasteiger partial charge is 0.0732 e. The second kappa shape index (κ2) is 9.00. The summed E-state index contributed by atoms with van der Waals surface area (Å²) in [5, 5.41) is 0. The molecule has 0 spiro atoms. The molecule has 0 rings (SSSR count). The van der Waals surface area contributed by atoms with Crippen molar-refractivity contribution in [1.82, 2.24) is 0 Å². The zero-order valence-corrected chi connectivity index (χ0v) is 7.80. The first kappa shape index (κ1) is 9.58. The van der Waals surface area contributed by atoms with E-state index >= 15 is 0 Å². The zero-order chi connectivity index (χ0) is 2.71.